The molecule has 16 heavy (non-hydrogen) atoms. The van der Waals surface area contributed by atoms with E-state index < -0.39 is 5.54 Å². The van der Waals surface area contributed by atoms with Crippen LogP contribution in [0.4, 0.5) is 4.39 Å². The van der Waals surface area contributed by atoms with Crippen LogP contribution >= 0.6 is 15.9 Å². The van der Waals surface area contributed by atoms with E-state index in [1.54, 1.807) is 7.11 Å². The molecule has 0 fully saturated rings. The van der Waals surface area contributed by atoms with Crippen LogP contribution in [0, 0.1) is 12.7 Å². The van der Waals surface area contributed by atoms with Gasteiger partial charge in [0.05, 0.1) is 11.6 Å². The summed E-state index contributed by atoms with van der Waals surface area (Å²) in [5, 5.41) is 0. The standard InChI is InChI=1S/C12H17BrFNO/c1-7-5-9(14)10(13)8(11(7)16-4)6-12(2,3)15/h5H,6,15H2,1-4H3. The minimum Gasteiger partial charge on any atom is -0.496 e. The first-order valence-corrected chi connectivity index (χ1v) is 5.86. The number of hydrogen-bond acceptors (Lipinski definition) is 2. The molecule has 0 saturated heterocycles. The molecule has 0 atom stereocenters. The molecule has 1 aromatic rings. The van der Waals surface area contributed by atoms with Gasteiger partial charge in [-0.25, -0.2) is 4.39 Å². The lowest BCUT2D eigenvalue weighted by Gasteiger charge is -2.22. The van der Waals surface area contributed by atoms with Crippen molar-refractivity contribution in [1.29, 1.82) is 0 Å². The summed E-state index contributed by atoms with van der Waals surface area (Å²) in [6, 6.07) is 1.45. The number of benzene rings is 1. The summed E-state index contributed by atoms with van der Waals surface area (Å²) >= 11 is 3.25. The Bertz CT molecular complexity index is 399. The fraction of sp³-hybridized carbons (Fsp3) is 0.500. The molecule has 4 heteroatoms. The van der Waals surface area contributed by atoms with Gasteiger partial charge in [-0.05, 0) is 54.8 Å². The third kappa shape index (κ3) is 2.95. The quantitative estimate of drug-likeness (QED) is 0.928. The Labute approximate surface area is 104 Å². The highest BCUT2D eigenvalue weighted by Crippen LogP contribution is 2.34. The van der Waals surface area contributed by atoms with E-state index in [1.165, 1.54) is 6.07 Å². The van der Waals surface area contributed by atoms with Crippen LogP contribution in [0.2, 0.25) is 0 Å². The van der Waals surface area contributed by atoms with Gasteiger partial charge in [0, 0.05) is 11.1 Å². The van der Waals surface area contributed by atoms with E-state index >= 15 is 0 Å². The Balaban J connectivity index is 3.33. The Hall–Kier alpha value is -0.610. The molecule has 0 bridgehead atoms. The molecule has 0 aliphatic rings. The van der Waals surface area contributed by atoms with Gasteiger partial charge in [-0.2, -0.15) is 0 Å². The SMILES string of the molecule is COc1c(C)cc(F)c(Br)c1CC(C)(C)N. The number of methoxy groups -OCH3 is 1. The lowest BCUT2D eigenvalue weighted by Crippen LogP contribution is -2.34. The van der Waals surface area contributed by atoms with Crippen LogP contribution in [0.1, 0.15) is 25.0 Å². The molecule has 0 saturated carbocycles. The molecule has 0 aliphatic carbocycles. The highest BCUT2D eigenvalue weighted by molar-refractivity contribution is 9.10. The summed E-state index contributed by atoms with van der Waals surface area (Å²) in [5.74, 6) is 0.421. The van der Waals surface area contributed by atoms with Gasteiger partial charge in [0.2, 0.25) is 0 Å². The van der Waals surface area contributed by atoms with Crippen molar-refractivity contribution < 1.29 is 9.13 Å². The van der Waals surface area contributed by atoms with Crippen molar-refractivity contribution in [3.8, 4) is 5.75 Å². The van der Waals surface area contributed by atoms with Crippen LogP contribution in [0.25, 0.3) is 0 Å². The summed E-state index contributed by atoms with van der Waals surface area (Å²) in [5.41, 5.74) is 7.12. The number of ether oxygens (including phenoxy) is 1. The number of aryl methyl sites for hydroxylation is 1. The van der Waals surface area contributed by atoms with Gasteiger partial charge in [0.1, 0.15) is 11.6 Å². The maximum atomic E-state index is 13.6. The summed E-state index contributed by atoms with van der Waals surface area (Å²) in [7, 11) is 1.58. The van der Waals surface area contributed by atoms with Crippen LogP contribution in [0.5, 0.6) is 5.75 Å². The molecule has 1 rings (SSSR count). The second kappa shape index (κ2) is 4.72. The van der Waals surface area contributed by atoms with Gasteiger partial charge in [-0.3, -0.25) is 0 Å². The van der Waals surface area contributed by atoms with Gasteiger partial charge in [-0.15, -0.1) is 0 Å². The van der Waals surface area contributed by atoms with Gasteiger partial charge in [0.15, 0.2) is 0 Å². The molecule has 2 N–H and O–H groups in total. The number of halogens is 2. The van der Waals surface area contributed by atoms with Crippen molar-refractivity contribution >= 4 is 15.9 Å². The van der Waals surface area contributed by atoms with Crippen molar-refractivity contribution in [1.82, 2.24) is 0 Å². The predicted molar refractivity (Wildman–Crippen MR) is 67.4 cm³/mol. The van der Waals surface area contributed by atoms with E-state index in [2.05, 4.69) is 15.9 Å². The fourth-order valence-corrected chi connectivity index (χ4v) is 2.13. The minimum atomic E-state index is -0.407. The Morgan fingerprint density at radius 2 is 2.06 bits per heavy atom. The Morgan fingerprint density at radius 1 is 1.50 bits per heavy atom. The minimum absolute atomic E-state index is 0.280. The molecule has 2 nitrogen and oxygen atoms in total. The molecule has 0 radical (unpaired) electrons. The zero-order chi connectivity index (χ0) is 12.5. The van der Waals surface area contributed by atoms with Gasteiger partial charge >= 0.3 is 0 Å². The number of rotatable bonds is 3. The lowest BCUT2D eigenvalue weighted by atomic mass is 9.94. The Kier molecular flexibility index (Phi) is 3.97. The van der Waals surface area contributed by atoms with Crippen molar-refractivity contribution in [2.45, 2.75) is 32.7 Å². The van der Waals surface area contributed by atoms with E-state index in [9.17, 15) is 4.39 Å². The average Bonchev–Trinajstić information content (AvgIpc) is 2.12. The highest BCUT2D eigenvalue weighted by atomic mass is 79.9. The van der Waals surface area contributed by atoms with Crippen LogP contribution in [-0.4, -0.2) is 12.6 Å². The van der Waals surface area contributed by atoms with Gasteiger partial charge in [-0.1, -0.05) is 0 Å². The summed E-state index contributed by atoms with van der Waals surface area (Å²) in [6.45, 7) is 5.62. The van der Waals surface area contributed by atoms with E-state index in [4.69, 9.17) is 10.5 Å². The number of nitrogens with two attached hydrogens (primary N) is 1. The third-order valence-corrected chi connectivity index (χ3v) is 3.14. The number of hydrogen-bond donors (Lipinski definition) is 1. The van der Waals surface area contributed by atoms with Crippen molar-refractivity contribution in [3.05, 3.63) is 27.5 Å². The van der Waals surface area contributed by atoms with Crippen LogP contribution < -0.4 is 10.5 Å². The maximum absolute atomic E-state index is 13.6. The lowest BCUT2D eigenvalue weighted by molar-refractivity contribution is 0.396. The van der Waals surface area contributed by atoms with Gasteiger partial charge < -0.3 is 10.5 Å². The van der Waals surface area contributed by atoms with E-state index in [-0.39, 0.29) is 5.82 Å². The molecule has 0 spiro atoms. The Morgan fingerprint density at radius 3 is 2.50 bits per heavy atom. The van der Waals surface area contributed by atoms with Crippen LogP contribution in [0.3, 0.4) is 0 Å². The van der Waals surface area contributed by atoms with E-state index in [0.717, 1.165) is 11.1 Å². The zero-order valence-corrected chi connectivity index (χ0v) is 11.6. The topological polar surface area (TPSA) is 35.2 Å². The van der Waals surface area contributed by atoms with Crippen LogP contribution in [0.15, 0.2) is 10.5 Å². The molecular formula is C12H17BrFNO. The second-order valence-electron chi connectivity index (χ2n) is 4.67. The van der Waals surface area contributed by atoms with Crippen LogP contribution in [-0.2, 0) is 6.42 Å². The molecule has 0 aliphatic heterocycles. The molecule has 0 unspecified atom stereocenters. The first-order chi connectivity index (χ1) is 7.26. The summed E-state index contributed by atoms with van der Waals surface area (Å²) in [6.07, 6.45) is 0.551. The predicted octanol–water partition coefficient (Wildman–Crippen LogP) is 3.19. The van der Waals surface area contributed by atoms with Crippen molar-refractivity contribution in [2.75, 3.05) is 7.11 Å². The first-order valence-electron chi connectivity index (χ1n) is 5.06. The second-order valence-corrected chi connectivity index (χ2v) is 5.46. The monoisotopic (exact) mass is 289 g/mol. The molecule has 90 valence electrons. The molecule has 1 aromatic carbocycles. The molecule has 0 heterocycles. The van der Waals surface area contributed by atoms with Gasteiger partial charge in [0.25, 0.3) is 0 Å². The zero-order valence-electron chi connectivity index (χ0n) is 10.0. The molecular weight excluding hydrogens is 273 g/mol. The third-order valence-electron chi connectivity index (χ3n) is 2.29. The van der Waals surface area contributed by atoms with E-state index in [1.807, 2.05) is 20.8 Å². The molecule has 0 amide bonds. The average molecular weight is 290 g/mol. The summed E-state index contributed by atoms with van der Waals surface area (Å²) in [4.78, 5) is 0. The smallest absolute Gasteiger partial charge is 0.138 e. The maximum Gasteiger partial charge on any atom is 0.138 e. The fourth-order valence-electron chi connectivity index (χ4n) is 1.70. The molecule has 0 aromatic heterocycles. The highest BCUT2D eigenvalue weighted by Gasteiger charge is 2.21. The normalized spacial score (nSPS) is 11.7. The largest absolute Gasteiger partial charge is 0.496 e. The van der Waals surface area contributed by atoms with Crippen molar-refractivity contribution in [3.63, 3.8) is 0 Å². The van der Waals surface area contributed by atoms with Crippen molar-refractivity contribution in [2.24, 2.45) is 5.73 Å². The first kappa shape index (κ1) is 13.5. The summed E-state index contributed by atoms with van der Waals surface area (Å²) < 4.78 is 19.3. The van der Waals surface area contributed by atoms with E-state index in [0.29, 0.717) is 16.6 Å².